The Morgan fingerprint density at radius 2 is 1.86 bits per heavy atom. The monoisotopic (exact) mass is 330 g/mol. The van der Waals surface area contributed by atoms with E-state index in [4.69, 9.17) is 28.3 Å². The first-order valence-electron chi connectivity index (χ1n) is 6.62. The number of nitrogens with one attached hydrogen (secondary N) is 2. The van der Waals surface area contributed by atoms with Crippen LogP contribution in [-0.4, -0.2) is 36.6 Å². The summed E-state index contributed by atoms with van der Waals surface area (Å²) in [5, 5.41) is 14.7. The molecule has 0 bridgehead atoms. The molecule has 3 N–H and O–H groups in total. The van der Waals surface area contributed by atoms with E-state index in [0.29, 0.717) is 10.0 Å². The summed E-state index contributed by atoms with van der Waals surface area (Å²) >= 11 is 11.9. The molecule has 5 nitrogen and oxygen atoms in total. The van der Waals surface area contributed by atoms with Crippen molar-refractivity contribution in [3.63, 3.8) is 0 Å². The van der Waals surface area contributed by atoms with Gasteiger partial charge < -0.3 is 15.7 Å². The van der Waals surface area contributed by atoms with Gasteiger partial charge in [-0.25, -0.2) is 0 Å². The van der Waals surface area contributed by atoms with E-state index >= 15 is 0 Å². The summed E-state index contributed by atoms with van der Waals surface area (Å²) in [7, 11) is 0. The molecule has 0 radical (unpaired) electrons. The molecule has 2 atom stereocenters. The molecule has 0 aliphatic heterocycles. The SMILES string of the molecule is O=C(CNC(=O)[C@H]1C[C@@H]1c1cc(Cl)cc(Cl)c1)NCCO. The molecule has 0 saturated heterocycles. The lowest BCUT2D eigenvalue weighted by atomic mass is 10.1. The Balaban J connectivity index is 1.82. The summed E-state index contributed by atoms with van der Waals surface area (Å²) in [5.74, 6) is -0.525. The van der Waals surface area contributed by atoms with Crippen LogP contribution in [-0.2, 0) is 9.59 Å². The van der Waals surface area contributed by atoms with Gasteiger partial charge in [0.25, 0.3) is 0 Å². The van der Waals surface area contributed by atoms with Crippen LogP contribution < -0.4 is 10.6 Å². The maximum atomic E-state index is 11.9. The fourth-order valence-electron chi connectivity index (χ4n) is 2.20. The summed E-state index contributed by atoms with van der Waals surface area (Å²) < 4.78 is 0. The molecule has 1 aliphatic carbocycles. The predicted octanol–water partition coefficient (Wildman–Crippen LogP) is 1.32. The highest BCUT2D eigenvalue weighted by atomic mass is 35.5. The van der Waals surface area contributed by atoms with Crippen molar-refractivity contribution in [3.05, 3.63) is 33.8 Å². The maximum Gasteiger partial charge on any atom is 0.239 e. The van der Waals surface area contributed by atoms with Crippen LogP contribution in [0, 0.1) is 5.92 Å². The molecule has 0 aromatic heterocycles. The van der Waals surface area contributed by atoms with E-state index in [1.807, 2.05) is 0 Å². The van der Waals surface area contributed by atoms with Gasteiger partial charge in [-0.1, -0.05) is 23.2 Å². The second-order valence-corrected chi connectivity index (χ2v) is 5.82. The third-order valence-electron chi connectivity index (χ3n) is 3.30. The number of carbonyl (C=O) groups excluding carboxylic acids is 2. The number of hydrogen-bond acceptors (Lipinski definition) is 3. The Kier molecular flexibility index (Phi) is 5.45. The lowest BCUT2D eigenvalue weighted by Gasteiger charge is -2.06. The van der Waals surface area contributed by atoms with E-state index in [1.165, 1.54) is 0 Å². The third kappa shape index (κ3) is 4.59. The van der Waals surface area contributed by atoms with Crippen LogP contribution in [0.1, 0.15) is 17.9 Å². The number of aliphatic hydroxyl groups excluding tert-OH is 1. The summed E-state index contributed by atoms with van der Waals surface area (Å²) in [6, 6.07) is 5.26. The molecule has 0 heterocycles. The van der Waals surface area contributed by atoms with Gasteiger partial charge >= 0.3 is 0 Å². The second kappa shape index (κ2) is 7.11. The summed E-state index contributed by atoms with van der Waals surface area (Å²) in [5.41, 5.74) is 0.942. The van der Waals surface area contributed by atoms with Gasteiger partial charge in [0, 0.05) is 22.5 Å². The Bertz CT molecular complexity index is 531. The Morgan fingerprint density at radius 3 is 2.48 bits per heavy atom. The van der Waals surface area contributed by atoms with Crippen LogP contribution >= 0.6 is 23.2 Å². The lowest BCUT2D eigenvalue weighted by molar-refractivity contribution is -0.126. The minimum Gasteiger partial charge on any atom is -0.395 e. The van der Waals surface area contributed by atoms with Crippen LogP contribution in [0.4, 0.5) is 0 Å². The average Bonchev–Trinajstić information content (AvgIpc) is 3.22. The van der Waals surface area contributed by atoms with Crippen molar-refractivity contribution in [1.29, 1.82) is 0 Å². The van der Waals surface area contributed by atoms with E-state index < -0.39 is 0 Å². The largest absolute Gasteiger partial charge is 0.395 e. The number of hydrogen-bond donors (Lipinski definition) is 3. The van der Waals surface area contributed by atoms with Gasteiger partial charge in [0.1, 0.15) is 0 Å². The van der Waals surface area contributed by atoms with Gasteiger partial charge in [0.05, 0.1) is 13.2 Å². The van der Waals surface area contributed by atoms with E-state index in [9.17, 15) is 9.59 Å². The maximum absolute atomic E-state index is 11.9. The third-order valence-corrected chi connectivity index (χ3v) is 3.73. The molecular formula is C14H16Cl2N2O3. The van der Waals surface area contributed by atoms with Crippen LogP contribution in [0.15, 0.2) is 18.2 Å². The Labute approximate surface area is 132 Å². The van der Waals surface area contributed by atoms with Gasteiger partial charge in [-0.2, -0.15) is 0 Å². The highest BCUT2D eigenvalue weighted by Gasteiger charge is 2.44. The number of benzene rings is 1. The number of halogens is 2. The standard InChI is InChI=1S/C14H16Cl2N2O3/c15-9-3-8(4-10(16)5-9)11-6-12(11)14(21)18-7-13(20)17-1-2-19/h3-5,11-12,19H,1-2,6-7H2,(H,17,20)(H,18,21)/t11-,12+/m1/s1. The fraction of sp³-hybridized carbons (Fsp3) is 0.429. The van der Waals surface area contributed by atoms with E-state index in [2.05, 4.69) is 10.6 Å². The summed E-state index contributed by atoms with van der Waals surface area (Å²) in [6.45, 7) is -0.0277. The molecule has 7 heteroatoms. The topological polar surface area (TPSA) is 78.4 Å². The molecule has 1 aromatic carbocycles. The number of rotatable bonds is 6. The number of aliphatic hydroxyl groups is 1. The molecule has 2 amide bonds. The normalized spacial score (nSPS) is 20.0. The van der Waals surface area contributed by atoms with Crippen LogP contribution in [0.3, 0.4) is 0 Å². The number of amides is 2. The molecule has 0 unspecified atom stereocenters. The zero-order valence-electron chi connectivity index (χ0n) is 11.2. The Morgan fingerprint density at radius 1 is 1.19 bits per heavy atom. The lowest BCUT2D eigenvalue weighted by Crippen LogP contribution is -2.38. The minimum absolute atomic E-state index is 0.0850. The van der Waals surface area contributed by atoms with Gasteiger partial charge in [-0.15, -0.1) is 0 Å². The highest BCUT2D eigenvalue weighted by Crippen LogP contribution is 2.48. The van der Waals surface area contributed by atoms with E-state index in [1.54, 1.807) is 18.2 Å². The smallest absolute Gasteiger partial charge is 0.239 e. The molecule has 1 fully saturated rings. The molecule has 1 saturated carbocycles. The van der Waals surface area contributed by atoms with Crippen molar-refractivity contribution in [2.75, 3.05) is 19.7 Å². The first-order chi connectivity index (χ1) is 10.0. The molecular weight excluding hydrogens is 315 g/mol. The van der Waals surface area contributed by atoms with Crippen molar-refractivity contribution in [2.24, 2.45) is 5.92 Å². The van der Waals surface area contributed by atoms with Crippen LogP contribution in [0.2, 0.25) is 10.0 Å². The first-order valence-corrected chi connectivity index (χ1v) is 7.38. The predicted molar refractivity (Wildman–Crippen MR) is 80.4 cm³/mol. The molecule has 1 aromatic rings. The minimum atomic E-state index is -0.319. The molecule has 0 spiro atoms. The molecule has 2 rings (SSSR count). The van der Waals surface area contributed by atoms with E-state index in [0.717, 1.165) is 12.0 Å². The van der Waals surface area contributed by atoms with Gasteiger partial charge in [-0.3, -0.25) is 9.59 Å². The quantitative estimate of drug-likeness (QED) is 0.736. The Hall–Kier alpha value is -1.30. The second-order valence-electron chi connectivity index (χ2n) is 4.94. The number of carbonyl (C=O) groups is 2. The summed E-state index contributed by atoms with van der Waals surface area (Å²) in [4.78, 5) is 23.2. The van der Waals surface area contributed by atoms with Crippen molar-refractivity contribution >= 4 is 35.0 Å². The van der Waals surface area contributed by atoms with Gasteiger partial charge in [0.15, 0.2) is 0 Å². The van der Waals surface area contributed by atoms with E-state index in [-0.39, 0.29) is 43.3 Å². The summed E-state index contributed by atoms with van der Waals surface area (Å²) in [6.07, 6.45) is 0.723. The van der Waals surface area contributed by atoms with Crippen LogP contribution in [0.5, 0.6) is 0 Å². The van der Waals surface area contributed by atoms with Gasteiger partial charge in [0.2, 0.25) is 11.8 Å². The van der Waals surface area contributed by atoms with Crippen molar-refractivity contribution < 1.29 is 14.7 Å². The molecule has 114 valence electrons. The molecule has 1 aliphatic rings. The molecule has 21 heavy (non-hydrogen) atoms. The fourth-order valence-corrected chi connectivity index (χ4v) is 2.74. The van der Waals surface area contributed by atoms with Crippen molar-refractivity contribution in [2.45, 2.75) is 12.3 Å². The van der Waals surface area contributed by atoms with Crippen molar-refractivity contribution in [1.82, 2.24) is 10.6 Å². The van der Waals surface area contributed by atoms with Gasteiger partial charge in [-0.05, 0) is 36.1 Å². The zero-order valence-corrected chi connectivity index (χ0v) is 12.7. The first kappa shape index (κ1) is 16.1. The highest BCUT2D eigenvalue weighted by molar-refractivity contribution is 6.34. The zero-order chi connectivity index (χ0) is 15.4. The van der Waals surface area contributed by atoms with Crippen molar-refractivity contribution in [3.8, 4) is 0 Å². The van der Waals surface area contributed by atoms with Crippen LogP contribution in [0.25, 0.3) is 0 Å². The average molecular weight is 331 g/mol.